The van der Waals surface area contributed by atoms with Crippen LogP contribution in [-0.4, -0.2) is 41.5 Å². The van der Waals surface area contributed by atoms with E-state index >= 15 is 0 Å². The lowest BCUT2D eigenvalue weighted by Crippen LogP contribution is -2.54. The summed E-state index contributed by atoms with van der Waals surface area (Å²) in [5.41, 5.74) is 1.76. The molecular formula is C16H20ClN3. The molecule has 3 nitrogen and oxygen atoms in total. The summed E-state index contributed by atoms with van der Waals surface area (Å²) in [5.74, 6) is 0. The van der Waals surface area contributed by atoms with Gasteiger partial charge in [-0.25, -0.2) is 0 Å². The van der Waals surface area contributed by atoms with Gasteiger partial charge in [-0.2, -0.15) is 5.26 Å². The van der Waals surface area contributed by atoms with E-state index in [4.69, 9.17) is 16.9 Å². The minimum absolute atomic E-state index is 0.566. The number of rotatable bonds is 2. The van der Waals surface area contributed by atoms with E-state index in [0.717, 1.165) is 24.7 Å². The summed E-state index contributed by atoms with van der Waals surface area (Å²) in [4.78, 5) is 5.15. The lowest BCUT2D eigenvalue weighted by molar-refractivity contribution is 0.0540. The van der Waals surface area contributed by atoms with E-state index in [-0.39, 0.29) is 0 Å². The van der Waals surface area contributed by atoms with Crippen LogP contribution in [0.3, 0.4) is 0 Å². The van der Waals surface area contributed by atoms with Crippen LogP contribution in [0.2, 0.25) is 5.02 Å². The summed E-state index contributed by atoms with van der Waals surface area (Å²) in [7, 11) is 0. The van der Waals surface area contributed by atoms with E-state index in [1.165, 1.54) is 25.9 Å². The second-order valence-electron chi connectivity index (χ2n) is 5.99. The molecule has 2 saturated heterocycles. The van der Waals surface area contributed by atoms with Gasteiger partial charge in [-0.1, -0.05) is 17.7 Å². The van der Waals surface area contributed by atoms with Crippen molar-refractivity contribution < 1.29 is 0 Å². The summed E-state index contributed by atoms with van der Waals surface area (Å²) in [5, 5.41) is 9.61. The molecule has 3 rings (SSSR count). The zero-order valence-corrected chi connectivity index (χ0v) is 12.6. The molecule has 0 spiro atoms. The zero-order valence-electron chi connectivity index (χ0n) is 11.8. The fourth-order valence-electron chi connectivity index (χ4n) is 3.43. The molecule has 2 heterocycles. The van der Waals surface area contributed by atoms with Crippen molar-refractivity contribution in [2.75, 3.05) is 19.6 Å². The quantitative estimate of drug-likeness (QED) is 0.839. The third kappa shape index (κ3) is 2.69. The average molecular weight is 290 g/mol. The molecule has 4 heteroatoms. The number of halogens is 1. The first kappa shape index (κ1) is 13.9. The predicted molar refractivity (Wildman–Crippen MR) is 80.6 cm³/mol. The van der Waals surface area contributed by atoms with E-state index in [1.54, 1.807) is 6.07 Å². The number of fused-ring (bicyclic) bond motifs is 1. The zero-order chi connectivity index (χ0) is 14.1. The van der Waals surface area contributed by atoms with Gasteiger partial charge < -0.3 is 0 Å². The topological polar surface area (TPSA) is 30.3 Å². The van der Waals surface area contributed by atoms with Gasteiger partial charge >= 0.3 is 0 Å². The molecule has 2 atom stereocenters. The number of piperazine rings is 1. The number of hydrogen-bond donors (Lipinski definition) is 0. The number of benzene rings is 1. The van der Waals surface area contributed by atoms with Crippen LogP contribution in [0, 0.1) is 11.3 Å². The molecule has 1 aromatic rings. The van der Waals surface area contributed by atoms with Gasteiger partial charge in [0.05, 0.1) is 11.6 Å². The van der Waals surface area contributed by atoms with Crippen LogP contribution in [0.4, 0.5) is 0 Å². The minimum Gasteiger partial charge on any atom is -0.298 e. The van der Waals surface area contributed by atoms with Gasteiger partial charge in [0.2, 0.25) is 0 Å². The highest BCUT2D eigenvalue weighted by Crippen LogP contribution is 2.27. The van der Waals surface area contributed by atoms with Gasteiger partial charge in [-0.15, -0.1) is 0 Å². The summed E-state index contributed by atoms with van der Waals surface area (Å²) >= 11 is 6.30. The molecule has 0 bridgehead atoms. The van der Waals surface area contributed by atoms with E-state index < -0.39 is 0 Å². The highest BCUT2D eigenvalue weighted by Gasteiger charge is 2.34. The molecular weight excluding hydrogens is 270 g/mol. The minimum atomic E-state index is 0.566. The Morgan fingerprint density at radius 1 is 1.40 bits per heavy atom. The number of hydrogen-bond acceptors (Lipinski definition) is 3. The van der Waals surface area contributed by atoms with Crippen molar-refractivity contribution in [2.24, 2.45) is 0 Å². The van der Waals surface area contributed by atoms with Crippen molar-refractivity contribution in [3.05, 3.63) is 34.3 Å². The van der Waals surface area contributed by atoms with Crippen LogP contribution in [-0.2, 0) is 6.54 Å². The highest BCUT2D eigenvalue weighted by molar-refractivity contribution is 6.31. The Morgan fingerprint density at radius 3 is 3.00 bits per heavy atom. The summed E-state index contributed by atoms with van der Waals surface area (Å²) in [6, 6.07) is 9.05. The van der Waals surface area contributed by atoms with Crippen LogP contribution in [0.15, 0.2) is 18.2 Å². The molecule has 1 aromatic carbocycles. The molecule has 0 aromatic heterocycles. The third-order valence-electron chi connectivity index (χ3n) is 4.62. The third-order valence-corrected chi connectivity index (χ3v) is 4.97. The first-order chi connectivity index (χ1) is 9.67. The molecule has 0 radical (unpaired) electrons. The molecule has 2 unspecified atom stereocenters. The van der Waals surface area contributed by atoms with E-state index in [1.807, 2.05) is 12.1 Å². The van der Waals surface area contributed by atoms with Crippen molar-refractivity contribution in [1.82, 2.24) is 9.80 Å². The van der Waals surface area contributed by atoms with Gasteiger partial charge in [-0.05, 0) is 44.0 Å². The fourth-order valence-corrected chi connectivity index (χ4v) is 3.67. The summed E-state index contributed by atoms with van der Waals surface area (Å²) < 4.78 is 0. The molecule has 0 saturated carbocycles. The highest BCUT2D eigenvalue weighted by atomic mass is 35.5. The second kappa shape index (κ2) is 5.73. The molecule has 2 aliphatic rings. The van der Waals surface area contributed by atoms with Crippen LogP contribution in [0.1, 0.15) is 30.9 Å². The molecule has 20 heavy (non-hydrogen) atoms. The smallest absolute Gasteiger partial charge is 0.0992 e. The van der Waals surface area contributed by atoms with Gasteiger partial charge in [0.15, 0.2) is 0 Å². The maximum atomic E-state index is 8.89. The Balaban J connectivity index is 1.72. The lowest BCUT2D eigenvalue weighted by Gasteiger charge is -2.42. The predicted octanol–water partition coefficient (Wildman–Crippen LogP) is 2.88. The molecule has 0 aliphatic carbocycles. The fraction of sp³-hybridized carbons (Fsp3) is 0.562. The van der Waals surface area contributed by atoms with Gasteiger partial charge in [0, 0.05) is 36.7 Å². The normalized spacial score (nSPS) is 27.2. The Kier molecular flexibility index (Phi) is 3.98. The Hall–Kier alpha value is -1.08. The van der Waals surface area contributed by atoms with Gasteiger partial charge in [-0.3, -0.25) is 9.80 Å². The monoisotopic (exact) mass is 289 g/mol. The van der Waals surface area contributed by atoms with E-state index in [9.17, 15) is 0 Å². The van der Waals surface area contributed by atoms with Gasteiger partial charge in [0.1, 0.15) is 0 Å². The molecule has 2 aliphatic heterocycles. The Bertz CT molecular complexity index is 537. The Labute approximate surface area is 125 Å². The van der Waals surface area contributed by atoms with E-state index in [0.29, 0.717) is 16.6 Å². The van der Waals surface area contributed by atoms with Crippen molar-refractivity contribution in [3.63, 3.8) is 0 Å². The maximum absolute atomic E-state index is 8.89. The average Bonchev–Trinajstić information content (AvgIpc) is 2.88. The molecule has 0 N–H and O–H groups in total. The van der Waals surface area contributed by atoms with Crippen LogP contribution in [0.25, 0.3) is 0 Å². The number of nitrogens with zero attached hydrogens (tertiary/aromatic N) is 3. The van der Waals surface area contributed by atoms with Crippen molar-refractivity contribution >= 4 is 11.6 Å². The largest absolute Gasteiger partial charge is 0.298 e. The van der Waals surface area contributed by atoms with Crippen LogP contribution >= 0.6 is 11.6 Å². The van der Waals surface area contributed by atoms with Crippen molar-refractivity contribution in [2.45, 2.75) is 38.4 Å². The van der Waals surface area contributed by atoms with Crippen molar-refractivity contribution in [3.8, 4) is 6.07 Å². The van der Waals surface area contributed by atoms with Crippen LogP contribution in [0.5, 0.6) is 0 Å². The first-order valence-electron chi connectivity index (χ1n) is 7.34. The standard InChI is InChI=1S/C16H20ClN3/c1-12-9-19-6-2-3-15(19)11-20(12)10-14-5-4-13(8-18)7-16(14)17/h4-5,7,12,15H,2-3,6,9-11H2,1H3. The van der Waals surface area contributed by atoms with Gasteiger partial charge in [0.25, 0.3) is 0 Å². The summed E-state index contributed by atoms with van der Waals surface area (Å²) in [6.07, 6.45) is 2.66. The second-order valence-corrected chi connectivity index (χ2v) is 6.39. The lowest BCUT2D eigenvalue weighted by atomic mass is 10.1. The van der Waals surface area contributed by atoms with Crippen molar-refractivity contribution in [1.29, 1.82) is 5.26 Å². The first-order valence-corrected chi connectivity index (χ1v) is 7.72. The molecule has 2 fully saturated rings. The SMILES string of the molecule is CC1CN2CCCC2CN1Cc1ccc(C#N)cc1Cl. The van der Waals surface area contributed by atoms with E-state index in [2.05, 4.69) is 22.8 Å². The van der Waals surface area contributed by atoms with Crippen LogP contribution < -0.4 is 0 Å². The molecule has 0 amide bonds. The Morgan fingerprint density at radius 2 is 2.25 bits per heavy atom. The molecule has 106 valence electrons. The summed E-state index contributed by atoms with van der Waals surface area (Å²) in [6.45, 7) is 6.75. The number of nitriles is 1. The maximum Gasteiger partial charge on any atom is 0.0992 e.